The number of carbonyl (C=O) groups excluding carboxylic acids is 1. The summed E-state index contributed by atoms with van der Waals surface area (Å²) in [5.41, 5.74) is 0.901. The van der Waals surface area contributed by atoms with Gasteiger partial charge in [-0.1, -0.05) is 31.0 Å². The molecule has 1 amide bonds. The van der Waals surface area contributed by atoms with Crippen LogP contribution in [-0.2, 0) is 4.79 Å². The predicted molar refractivity (Wildman–Crippen MR) is 155 cm³/mol. The largest absolute Gasteiger partial charge is 0.493 e. The topological polar surface area (TPSA) is 66.9 Å². The number of methoxy groups -OCH3 is 2. The predicted octanol–water partition coefficient (Wildman–Crippen LogP) is 5.07. The zero-order chi connectivity index (χ0) is 26.3. The van der Waals surface area contributed by atoms with E-state index < -0.39 is 0 Å². The van der Waals surface area contributed by atoms with Crippen LogP contribution in [0, 0.1) is 11.8 Å². The zero-order valence-corrected chi connectivity index (χ0v) is 23.2. The average Bonchev–Trinajstić information content (AvgIpc) is 3.40. The van der Waals surface area contributed by atoms with Gasteiger partial charge in [-0.2, -0.15) is 4.37 Å². The minimum atomic E-state index is -0.0480. The first-order valence-electron chi connectivity index (χ1n) is 13.6. The summed E-state index contributed by atoms with van der Waals surface area (Å²) in [6.07, 6.45) is 8.41. The van der Waals surface area contributed by atoms with Crippen LogP contribution in [0.5, 0.6) is 11.5 Å². The van der Waals surface area contributed by atoms with Crippen LogP contribution < -0.4 is 19.7 Å². The van der Waals surface area contributed by atoms with E-state index in [1.165, 1.54) is 35.8 Å². The molecule has 1 N–H and O–H groups in total. The normalized spacial score (nSPS) is 20.6. The van der Waals surface area contributed by atoms with E-state index >= 15 is 0 Å². The standard InChI is InChI=1S/C30H38N4O3S/c1-36-26-13-11-22(19-27(26)37-2)12-14-29(35)31-20-23-7-3-4-8-24(23)21-33-15-17-34(18-16-33)30-25-9-5-6-10-28(25)38-32-30/h5-6,9-14,19,23-24H,3-4,7-8,15-18,20-21H2,1-2H3,(H,31,35)/t23-,24-/m1/s1. The molecule has 2 atom stereocenters. The number of hydrogen-bond donors (Lipinski definition) is 1. The molecule has 202 valence electrons. The van der Waals surface area contributed by atoms with Crippen LogP contribution >= 0.6 is 11.5 Å². The molecule has 0 unspecified atom stereocenters. The number of piperazine rings is 1. The molecule has 0 spiro atoms. The number of nitrogens with one attached hydrogen (secondary N) is 1. The van der Waals surface area contributed by atoms with E-state index in [0.29, 0.717) is 23.3 Å². The highest BCUT2D eigenvalue weighted by molar-refractivity contribution is 7.13. The minimum Gasteiger partial charge on any atom is -0.493 e. The summed E-state index contributed by atoms with van der Waals surface area (Å²) in [5, 5.41) is 4.44. The van der Waals surface area contributed by atoms with Crippen molar-refractivity contribution in [2.24, 2.45) is 11.8 Å². The summed E-state index contributed by atoms with van der Waals surface area (Å²) in [4.78, 5) is 17.7. The molecule has 1 saturated heterocycles. The molecule has 0 bridgehead atoms. The van der Waals surface area contributed by atoms with Crippen LogP contribution in [0.1, 0.15) is 31.2 Å². The van der Waals surface area contributed by atoms with Gasteiger partial charge in [0.15, 0.2) is 11.5 Å². The fourth-order valence-corrected chi connectivity index (χ4v) is 6.58. The molecule has 38 heavy (non-hydrogen) atoms. The van der Waals surface area contributed by atoms with Gasteiger partial charge in [-0.3, -0.25) is 9.69 Å². The van der Waals surface area contributed by atoms with Crippen LogP contribution in [0.4, 0.5) is 5.82 Å². The zero-order valence-electron chi connectivity index (χ0n) is 22.4. The first-order valence-corrected chi connectivity index (χ1v) is 14.4. The lowest BCUT2D eigenvalue weighted by Gasteiger charge is -2.40. The fraction of sp³-hybridized carbons (Fsp3) is 0.467. The van der Waals surface area contributed by atoms with Crippen molar-refractivity contribution in [3.05, 3.63) is 54.1 Å². The number of amides is 1. The molecule has 5 rings (SSSR count). The molecule has 1 saturated carbocycles. The lowest BCUT2D eigenvalue weighted by molar-refractivity contribution is -0.116. The van der Waals surface area contributed by atoms with Crippen LogP contribution in [0.2, 0.25) is 0 Å². The van der Waals surface area contributed by atoms with Crippen molar-refractivity contribution in [3.63, 3.8) is 0 Å². The van der Waals surface area contributed by atoms with E-state index in [9.17, 15) is 4.79 Å². The van der Waals surface area contributed by atoms with Crippen molar-refractivity contribution in [2.45, 2.75) is 25.7 Å². The lowest BCUT2D eigenvalue weighted by atomic mass is 9.78. The van der Waals surface area contributed by atoms with Crippen molar-refractivity contribution in [2.75, 3.05) is 58.4 Å². The van der Waals surface area contributed by atoms with Crippen molar-refractivity contribution in [3.8, 4) is 11.5 Å². The van der Waals surface area contributed by atoms with Gasteiger partial charge in [0.2, 0.25) is 5.91 Å². The number of aromatic nitrogens is 1. The molecule has 1 aliphatic carbocycles. The van der Waals surface area contributed by atoms with Gasteiger partial charge in [0.1, 0.15) is 5.82 Å². The first-order chi connectivity index (χ1) is 18.6. The number of fused-ring (bicyclic) bond motifs is 1. The summed E-state index contributed by atoms with van der Waals surface area (Å²) >= 11 is 1.59. The molecule has 3 aromatic rings. The van der Waals surface area contributed by atoms with Gasteiger partial charge in [0, 0.05) is 50.7 Å². The number of hydrogen-bond acceptors (Lipinski definition) is 7. The Kier molecular flexibility index (Phi) is 8.81. The monoisotopic (exact) mass is 534 g/mol. The Morgan fingerprint density at radius 1 is 1.03 bits per heavy atom. The number of benzene rings is 2. The molecular formula is C30H38N4O3S. The number of anilines is 1. The van der Waals surface area contributed by atoms with Gasteiger partial charge in [0.05, 0.1) is 18.9 Å². The summed E-state index contributed by atoms with van der Waals surface area (Å²) in [6, 6.07) is 14.2. The highest BCUT2D eigenvalue weighted by atomic mass is 32.1. The smallest absolute Gasteiger partial charge is 0.244 e. The van der Waals surface area contributed by atoms with E-state index in [1.54, 1.807) is 31.8 Å². The first kappa shape index (κ1) is 26.5. The van der Waals surface area contributed by atoms with Gasteiger partial charge >= 0.3 is 0 Å². The highest BCUT2D eigenvalue weighted by Crippen LogP contribution is 2.33. The summed E-state index contributed by atoms with van der Waals surface area (Å²) in [7, 11) is 3.23. The second-order valence-corrected chi connectivity index (χ2v) is 11.1. The Labute approximate surface area is 229 Å². The summed E-state index contributed by atoms with van der Waals surface area (Å²) in [6.45, 7) is 6.02. The third kappa shape index (κ3) is 6.30. The van der Waals surface area contributed by atoms with Crippen molar-refractivity contribution in [1.82, 2.24) is 14.6 Å². The Bertz CT molecular complexity index is 1250. The molecular weight excluding hydrogens is 496 g/mol. The summed E-state index contributed by atoms with van der Waals surface area (Å²) < 4.78 is 16.7. The van der Waals surface area contributed by atoms with Gasteiger partial charge in [-0.05, 0) is 72.1 Å². The molecule has 0 radical (unpaired) electrons. The van der Waals surface area contributed by atoms with Gasteiger partial charge in [-0.15, -0.1) is 0 Å². The van der Waals surface area contributed by atoms with E-state index in [2.05, 4.69) is 39.4 Å². The summed E-state index contributed by atoms with van der Waals surface area (Å²) in [5.74, 6) is 3.59. The second-order valence-electron chi connectivity index (χ2n) is 10.3. The van der Waals surface area contributed by atoms with Crippen LogP contribution in [0.25, 0.3) is 16.2 Å². The van der Waals surface area contributed by atoms with E-state index in [-0.39, 0.29) is 5.91 Å². The maximum atomic E-state index is 12.6. The Morgan fingerprint density at radius 3 is 2.58 bits per heavy atom. The molecule has 8 heteroatoms. The Morgan fingerprint density at radius 2 is 1.79 bits per heavy atom. The Balaban J connectivity index is 1.11. The molecule has 1 aromatic heterocycles. The van der Waals surface area contributed by atoms with Gasteiger partial charge in [-0.25, -0.2) is 0 Å². The maximum Gasteiger partial charge on any atom is 0.244 e. The highest BCUT2D eigenvalue weighted by Gasteiger charge is 2.29. The molecule has 1 aliphatic heterocycles. The molecule has 2 aliphatic rings. The van der Waals surface area contributed by atoms with Gasteiger partial charge in [0.25, 0.3) is 0 Å². The molecule has 2 aromatic carbocycles. The van der Waals surface area contributed by atoms with Crippen molar-refractivity contribution < 1.29 is 14.3 Å². The molecule has 2 fully saturated rings. The minimum absolute atomic E-state index is 0.0480. The third-order valence-electron chi connectivity index (χ3n) is 7.96. The van der Waals surface area contributed by atoms with E-state index in [1.807, 2.05) is 24.3 Å². The van der Waals surface area contributed by atoms with Crippen molar-refractivity contribution in [1.29, 1.82) is 0 Å². The Hall–Kier alpha value is -3.10. The molecule has 7 nitrogen and oxygen atoms in total. The molecule has 2 heterocycles. The number of carbonyl (C=O) groups is 1. The van der Waals surface area contributed by atoms with E-state index in [4.69, 9.17) is 13.8 Å². The number of rotatable bonds is 9. The SMILES string of the molecule is COc1ccc(C=CC(=O)NC[C@H]2CCCC[C@@H]2CN2CCN(c3nsc4ccccc34)CC2)cc1OC. The number of nitrogens with zero attached hydrogens (tertiary/aromatic N) is 3. The third-order valence-corrected chi connectivity index (χ3v) is 8.78. The second kappa shape index (κ2) is 12.6. The maximum absolute atomic E-state index is 12.6. The van der Waals surface area contributed by atoms with Crippen molar-refractivity contribution >= 4 is 39.4 Å². The average molecular weight is 535 g/mol. The fourth-order valence-electron chi connectivity index (χ4n) is 5.79. The van der Waals surface area contributed by atoms with E-state index in [0.717, 1.165) is 50.6 Å². The number of ether oxygens (including phenoxy) is 2. The lowest BCUT2D eigenvalue weighted by Crippen LogP contribution is -2.49. The van der Waals surface area contributed by atoms with Gasteiger partial charge < -0.3 is 19.7 Å². The van der Waals surface area contributed by atoms with Crippen LogP contribution in [-0.4, -0.2) is 68.7 Å². The van der Waals surface area contributed by atoms with Crippen LogP contribution in [0.3, 0.4) is 0 Å². The van der Waals surface area contributed by atoms with Crippen LogP contribution in [0.15, 0.2) is 48.5 Å². The quantitative estimate of drug-likeness (QED) is 0.387.